The lowest BCUT2D eigenvalue weighted by atomic mass is 10.1. The van der Waals surface area contributed by atoms with Gasteiger partial charge < -0.3 is 4.74 Å². The topological polar surface area (TPSA) is 69.4 Å². The van der Waals surface area contributed by atoms with E-state index in [2.05, 4.69) is 0 Å². The number of ether oxygens (including phenoxy) is 1. The molecule has 0 bridgehead atoms. The Hall–Kier alpha value is -2.34. The van der Waals surface area contributed by atoms with Crippen LogP contribution in [0.4, 0.5) is 5.69 Å². The molecule has 0 unspecified atom stereocenters. The highest BCUT2D eigenvalue weighted by Gasteiger charge is 2.15. The van der Waals surface area contributed by atoms with E-state index in [-0.39, 0.29) is 17.4 Å². The molecule has 0 aliphatic rings. The predicted molar refractivity (Wildman–Crippen MR) is 89.5 cm³/mol. The molecule has 6 heteroatoms. The van der Waals surface area contributed by atoms with Crippen molar-refractivity contribution in [1.29, 1.82) is 0 Å². The van der Waals surface area contributed by atoms with E-state index in [1.807, 2.05) is 31.2 Å². The lowest BCUT2D eigenvalue weighted by Crippen LogP contribution is -2.11. The number of esters is 1. The first-order chi connectivity index (χ1) is 11.0. The Bertz CT molecular complexity index is 717. The van der Waals surface area contributed by atoms with Crippen molar-refractivity contribution < 1.29 is 14.5 Å². The van der Waals surface area contributed by atoms with Gasteiger partial charge in [-0.05, 0) is 31.0 Å². The fraction of sp³-hybridized carbons (Fsp3) is 0.235. The number of thioether (sulfide) groups is 1. The lowest BCUT2D eigenvalue weighted by Gasteiger charge is -2.13. The second-order valence-electron chi connectivity index (χ2n) is 5.04. The van der Waals surface area contributed by atoms with Crippen LogP contribution in [0.5, 0.6) is 0 Å². The quantitative estimate of drug-likeness (QED) is 0.342. The summed E-state index contributed by atoms with van der Waals surface area (Å²) in [5, 5.41) is 10.8. The summed E-state index contributed by atoms with van der Waals surface area (Å²) in [5.74, 6) is -0.151. The molecule has 0 fully saturated rings. The number of nitrogens with zero attached hydrogens (tertiary/aromatic N) is 1. The van der Waals surface area contributed by atoms with Gasteiger partial charge in [-0.3, -0.25) is 14.9 Å². The van der Waals surface area contributed by atoms with Gasteiger partial charge in [0, 0.05) is 17.0 Å². The molecule has 23 heavy (non-hydrogen) atoms. The van der Waals surface area contributed by atoms with Crippen molar-refractivity contribution in [1.82, 2.24) is 0 Å². The Balaban J connectivity index is 1.93. The molecule has 0 saturated carbocycles. The third-order valence-electron chi connectivity index (χ3n) is 3.30. The molecule has 0 radical (unpaired) electrons. The maximum atomic E-state index is 12.0. The lowest BCUT2D eigenvalue weighted by molar-refractivity contribution is -0.385. The molecule has 0 amide bonds. The van der Waals surface area contributed by atoms with Gasteiger partial charge in [0.05, 0.1) is 10.7 Å². The predicted octanol–water partition coefficient (Wildman–Crippen LogP) is 4.30. The number of carbonyl (C=O) groups excluding carboxylic acids is 1. The van der Waals surface area contributed by atoms with Gasteiger partial charge in [-0.15, -0.1) is 11.8 Å². The van der Waals surface area contributed by atoms with Gasteiger partial charge in [-0.1, -0.05) is 30.3 Å². The van der Waals surface area contributed by atoms with Crippen LogP contribution in [-0.2, 0) is 9.53 Å². The van der Waals surface area contributed by atoms with Crippen LogP contribution in [0.15, 0.2) is 53.4 Å². The summed E-state index contributed by atoms with van der Waals surface area (Å²) in [5.41, 5.74) is 1.70. The summed E-state index contributed by atoms with van der Waals surface area (Å²) >= 11 is 1.42. The zero-order chi connectivity index (χ0) is 16.8. The Morgan fingerprint density at radius 3 is 2.70 bits per heavy atom. The zero-order valence-corrected chi connectivity index (χ0v) is 13.7. The first-order valence-corrected chi connectivity index (χ1v) is 8.08. The number of hydrogen-bond donors (Lipinski definition) is 0. The van der Waals surface area contributed by atoms with Crippen molar-refractivity contribution in [3.8, 4) is 0 Å². The van der Waals surface area contributed by atoms with Gasteiger partial charge in [0.2, 0.25) is 0 Å². The van der Waals surface area contributed by atoms with Crippen molar-refractivity contribution in [3.05, 3.63) is 69.8 Å². The second kappa shape index (κ2) is 7.78. The minimum Gasteiger partial charge on any atom is -0.457 e. The number of rotatable bonds is 6. The molecule has 0 aromatic heterocycles. The monoisotopic (exact) mass is 331 g/mol. The first-order valence-electron chi connectivity index (χ1n) is 7.09. The molecular formula is C17H17NO4S. The molecule has 1 atom stereocenters. The van der Waals surface area contributed by atoms with Crippen molar-refractivity contribution in [3.63, 3.8) is 0 Å². The highest BCUT2D eigenvalue weighted by molar-refractivity contribution is 8.00. The van der Waals surface area contributed by atoms with Gasteiger partial charge in [-0.25, -0.2) is 0 Å². The number of benzene rings is 2. The van der Waals surface area contributed by atoms with Crippen LogP contribution in [0.3, 0.4) is 0 Å². The second-order valence-corrected chi connectivity index (χ2v) is 6.06. The van der Waals surface area contributed by atoms with Crippen molar-refractivity contribution in [2.24, 2.45) is 0 Å². The van der Waals surface area contributed by atoms with Crippen LogP contribution < -0.4 is 0 Å². The number of aryl methyl sites for hydroxylation is 1. The van der Waals surface area contributed by atoms with Crippen LogP contribution in [0.2, 0.25) is 0 Å². The van der Waals surface area contributed by atoms with Crippen molar-refractivity contribution >= 4 is 23.4 Å². The summed E-state index contributed by atoms with van der Waals surface area (Å²) in [6.45, 7) is 3.69. The normalized spacial score (nSPS) is 11.7. The molecular weight excluding hydrogens is 314 g/mol. The van der Waals surface area contributed by atoms with Gasteiger partial charge in [0.15, 0.2) is 0 Å². The third kappa shape index (κ3) is 4.82. The van der Waals surface area contributed by atoms with Crippen LogP contribution in [0, 0.1) is 17.0 Å². The molecule has 0 N–H and O–H groups in total. The molecule has 120 valence electrons. The smallest absolute Gasteiger partial charge is 0.316 e. The van der Waals surface area contributed by atoms with E-state index in [1.54, 1.807) is 19.1 Å². The molecule has 0 spiro atoms. The Morgan fingerprint density at radius 2 is 2.00 bits per heavy atom. The summed E-state index contributed by atoms with van der Waals surface area (Å²) in [6.07, 6.45) is -0.528. The van der Waals surface area contributed by atoms with E-state index in [9.17, 15) is 14.9 Å². The average Bonchev–Trinajstić information content (AvgIpc) is 2.54. The highest BCUT2D eigenvalue weighted by Crippen LogP contribution is 2.25. The van der Waals surface area contributed by atoms with E-state index in [1.165, 1.54) is 23.9 Å². The number of carbonyl (C=O) groups is 1. The molecule has 2 aromatic rings. The zero-order valence-electron chi connectivity index (χ0n) is 12.9. The van der Waals surface area contributed by atoms with Crippen LogP contribution in [0.1, 0.15) is 24.2 Å². The molecule has 0 aliphatic heterocycles. The summed E-state index contributed by atoms with van der Waals surface area (Å²) in [4.78, 5) is 23.3. The molecule has 5 nitrogen and oxygen atoms in total. The van der Waals surface area contributed by atoms with E-state index >= 15 is 0 Å². The fourth-order valence-corrected chi connectivity index (χ4v) is 2.86. The molecule has 2 rings (SSSR count). The summed E-state index contributed by atoms with van der Waals surface area (Å²) < 4.78 is 5.35. The number of nitro groups is 1. The minimum absolute atomic E-state index is 0.0142. The van der Waals surface area contributed by atoms with E-state index in [4.69, 9.17) is 4.74 Å². The van der Waals surface area contributed by atoms with Gasteiger partial charge in [0.1, 0.15) is 6.10 Å². The maximum Gasteiger partial charge on any atom is 0.316 e. The first kappa shape index (κ1) is 17.0. The molecule has 0 heterocycles. The molecule has 2 aromatic carbocycles. The van der Waals surface area contributed by atoms with Crippen LogP contribution >= 0.6 is 11.8 Å². The Kier molecular flexibility index (Phi) is 5.76. The number of non-ortho nitro benzene ring substituents is 1. The Morgan fingerprint density at radius 1 is 1.26 bits per heavy atom. The highest BCUT2D eigenvalue weighted by atomic mass is 32.2. The van der Waals surface area contributed by atoms with Gasteiger partial charge in [0.25, 0.3) is 5.69 Å². The number of hydrogen-bond acceptors (Lipinski definition) is 5. The third-order valence-corrected chi connectivity index (χ3v) is 4.45. The molecule has 0 aliphatic carbocycles. The van der Waals surface area contributed by atoms with E-state index in [0.717, 1.165) is 10.5 Å². The van der Waals surface area contributed by atoms with E-state index in [0.29, 0.717) is 5.56 Å². The van der Waals surface area contributed by atoms with Crippen molar-refractivity contribution in [2.45, 2.75) is 24.8 Å². The SMILES string of the molecule is Cc1ccccc1SCC(=O)O[C@@H](C)c1cccc([N+](=O)[O-])c1. The maximum absolute atomic E-state index is 12.0. The van der Waals surface area contributed by atoms with Crippen molar-refractivity contribution in [2.75, 3.05) is 5.75 Å². The summed E-state index contributed by atoms with van der Waals surface area (Å²) in [7, 11) is 0. The summed E-state index contributed by atoms with van der Waals surface area (Å²) in [6, 6.07) is 13.9. The number of nitro benzene ring substituents is 1. The van der Waals surface area contributed by atoms with E-state index < -0.39 is 11.0 Å². The van der Waals surface area contributed by atoms with Crippen LogP contribution in [0.25, 0.3) is 0 Å². The fourth-order valence-electron chi connectivity index (χ4n) is 2.05. The largest absolute Gasteiger partial charge is 0.457 e. The average molecular weight is 331 g/mol. The molecule has 0 saturated heterocycles. The van der Waals surface area contributed by atoms with Gasteiger partial charge >= 0.3 is 5.97 Å². The van der Waals surface area contributed by atoms with Gasteiger partial charge in [-0.2, -0.15) is 0 Å². The van der Waals surface area contributed by atoms with Crippen LogP contribution in [-0.4, -0.2) is 16.6 Å². The minimum atomic E-state index is -0.528. The standard InChI is InChI=1S/C17H17NO4S/c1-12-6-3-4-9-16(12)23-11-17(19)22-13(2)14-7-5-8-15(10-14)18(20)21/h3-10,13H,11H2,1-2H3/t13-/m0/s1. The Labute approximate surface area is 138 Å².